The smallest absolute Gasteiger partial charge is 0.354 e. The number of hydrogen-bond acceptors (Lipinski definition) is 3. The number of nitrogens with zero attached hydrogens (tertiary/aromatic N) is 3. The number of alkyl halides is 3. The molecule has 1 saturated heterocycles. The van der Waals surface area contributed by atoms with E-state index in [1.807, 2.05) is 4.90 Å². The summed E-state index contributed by atoms with van der Waals surface area (Å²) in [7, 11) is 0. The average Bonchev–Trinajstić information content (AvgIpc) is 2.69. The molecular formula is C22H29ClF3N3. The fourth-order valence-electron chi connectivity index (χ4n) is 3.66. The number of benzene rings is 1. The number of rotatable bonds is 6. The maximum absolute atomic E-state index is 12.9. The summed E-state index contributed by atoms with van der Waals surface area (Å²) in [6, 6.07) is 10.8. The van der Waals surface area contributed by atoms with Gasteiger partial charge < -0.3 is 4.90 Å². The Labute approximate surface area is 177 Å². The van der Waals surface area contributed by atoms with Crippen LogP contribution in [0.4, 0.5) is 19.0 Å². The molecule has 0 spiro atoms. The molecule has 1 aliphatic heterocycles. The first-order valence-corrected chi connectivity index (χ1v) is 9.97. The van der Waals surface area contributed by atoms with Crippen molar-refractivity contribution in [1.82, 2.24) is 9.88 Å². The third-order valence-corrected chi connectivity index (χ3v) is 5.37. The monoisotopic (exact) mass is 427 g/mol. The second-order valence-corrected chi connectivity index (χ2v) is 7.47. The predicted molar refractivity (Wildman–Crippen MR) is 114 cm³/mol. The first-order chi connectivity index (χ1) is 13.4. The Morgan fingerprint density at radius 3 is 2.38 bits per heavy atom. The molecule has 1 fully saturated rings. The molecule has 0 atom stereocenters. The van der Waals surface area contributed by atoms with Crippen molar-refractivity contribution < 1.29 is 13.2 Å². The molecular weight excluding hydrogens is 399 g/mol. The van der Waals surface area contributed by atoms with Crippen molar-refractivity contribution in [3.63, 3.8) is 0 Å². The van der Waals surface area contributed by atoms with Gasteiger partial charge >= 0.3 is 6.18 Å². The van der Waals surface area contributed by atoms with Gasteiger partial charge in [0.1, 0.15) is 11.5 Å². The number of aromatic nitrogens is 1. The van der Waals surface area contributed by atoms with Crippen LogP contribution in [0.2, 0.25) is 0 Å². The van der Waals surface area contributed by atoms with Gasteiger partial charge in [0.15, 0.2) is 0 Å². The van der Waals surface area contributed by atoms with Gasteiger partial charge in [0.2, 0.25) is 0 Å². The molecule has 1 aromatic heterocycles. The summed E-state index contributed by atoms with van der Waals surface area (Å²) in [5, 5.41) is 0. The minimum absolute atomic E-state index is 0. The van der Waals surface area contributed by atoms with Gasteiger partial charge in [-0.25, -0.2) is 4.98 Å². The lowest BCUT2D eigenvalue weighted by molar-refractivity contribution is -0.141. The zero-order valence-electron chi connectivity index (χ0n) is 17.0. The van der Waals surface area contributed by atoms with Crippen molar-refractivity contribution in [3.05, 3.63) is 58.8 Å². The van der Waals surface area contributed by atoms with Crippen LogP contribution >= 0.6 is 12.4 Å². The molecule has 0 radical (unpaired) electrons. The summed E-state index contributed by atoms with van der Waals surface area (Å²) in [5.74, 6) is 0.414. The van der Waals surface area contributed by atoms with E-state index in [9.17, 15) is 13.2 Å². The Morgan fingerprint density at radius 1 is 1.00 bits per heavy atom. The minimum atomic E-state index is -4.40. The molecule has 2 aromatic rings. The first-order valence-electron chi connectivity index (χ1n) is 9.97. The van der Waals surface area contributed by atoms with E-state index in [4.69, 9.17) is 0 Å². The van der Waals surface area contributed by atoms with Crippen molar-refractivity contribution in [2.75, 3.05) is 37.6 Å². The third-order valence-electron chi connectivity index (χ3n) is 5.37. The van der Waals surface area contributed by atoms with E-state index in [1.54, 1.807) is 6.07 Å². The normalized spacial score (nSPS) is 15.3. The highest BCUT2D eigenvalue weighted by molar-refractivity contribution is 5.85. The number of hydrogen-bond donors (Lipinski definition) is 0. The Hall–Kier alpha value is -1.79. The van der Waals surface area contributed by atoms with E-state index in [0.29, 0.717) is 18.9 Å². The Morgan fingerprint density at radius 2 is 1.72 bits per heavy atom. The van der Waals surface area contributed by atoms with E-state index in [2.05, 4.69) is 41.9 Å². The Balaban J connectivity index is 0.00000300. The molecule has 0 amide bonds. The molecule has 1 aromatic carbocycles. The highest BCUT2D eigenvalue weighted by Gasteiger charge is 2.33. The topological polar surface area (TPSA) is 19.4 Å². The van der Waals surface area contributed by atoms with Crippen LogP contribution in [0, 0.1) is 6.92 Å². The van der Waals surface area contributed by atoms with Crippen LogP contribution in [-0.4, -0.2) is 42.6 Å². The molecule has 0 N–H and O–H groups in total. The highest BCUT2D eigenvalue weighted by Crippen LogP contribution is 2.29. The van der Waals surface area contributed by atoms with E-state index in [-0.39, 0.29) is 12.4 Å². The van der Waals surface area contributed by atoms with Gasteiger partial charge in [-0.3, -0.25) is 4.90 Å². The maximum Gasteiger partial charge on any atom is 0.433 e. The second-order valence-electron chi connectivity index (χ2n) is 7.47. The molecule has 160 valence electrons. The van der Waals surface area contributed by atoms with E-state index in [1.165, 1.54) is 22.8 Å². The first kappa shape index (κ1) is 23.5. The molecule has 0 bridgehead atoms. The number of pyridine rings is 1. The molecule has 1 aliphatic rings. The van der Waals surface area contributed by atoms with Crippen molar-refractivity contribution >= 4 is 18.2 Å². The summed E-state index contributed by atoms with van der Waals surface area (Å²) < 4.78 is 38.6. The lowest BCUT2D eigenvalue weighted by Gasteiger charge is -2.35. The van der Waals surface area contributed by atoms with Crippen molar-refractivity contribution in [2.24, 2.45) is 0 Å². The highest BCUT2D eigenvalue weighted by atomic mass is 35.5. The van der Waals surface area contributed by atoms with Gasteiger partial charge in [-0.2, -0.15) is 13.2 Å². The van der Waals surface area contributed by atoms with Crippen LogP contribution in [0.25, 0.3) is 0 Å². The molecule has 3 rings (SSSR count). The summed E-state index contributed by atoms with van der Waals surface area (Å²) in [5.41, 5.74) is 3.32. The van der Waals surface area contributed by atoms with Crippen molar-refractivity contribution in [3.8, 4) is 0 Å². The molecule has 7 heteroatoms. The van der Waals surface area contributed by atoms with Gasteiger partial charge in [0.25, 0.3) is 0 Å². The van der Waals surface area contributed by atoms with E-state index < -0.39 is 11.9 Å². The number of piperazine rings is 1. The Bertz CT molecular complexity index is 787. The summed E-state index contributed by atoms with van der Waals surface area (Å²) >= 11 is 0. The summed E-state index contributed by atoms with van der Waals surface area (Å²) in [6.45, 7) is 8.41. The van der Waals surface area contributed by atoms with Gasteiger partial charge in [-0.05, 0) is 48.6 Å². The molecule has 2 heterocycles. The fourth-order valence-corrected chi connectivity index (χ4v) is 3.66. The van der Waals surface area contributed by atoms with Crippen molar-refractivity contribution in [2.45, 2.75) is 39.3 Å². The van der Waals surface area contributed by atoms with Crippen LogP contribution in [0.1, 0.15) is 35.7 Å². The van der Waals surface area contributed by atoms with Crippen LogP contribution < -0.4 is 4.90 Å². The molecule has 0 saturated carbocycles. The Kier molecular flexibility index (Phi) is 8.34. The van der Waals surface area contributed by atoms with Gasteiger partial charge in [0.05, 0.1) is 0 Å². The number of anilines is 1. The van der Waals surface area contributed by atoms with Crippen LogP contribution in [0.5, 0.6) is 0 Å². The zero-order valence-corrected chi connectivity index (χ0v) is 17.8. The molecule has 3 nitrogen and oxygen atoms in total. The van der Waals surface area contributed by atoms with Crippen LogP contribution in [-0.2, 0) is 19.0 Å². The summed E-state index contributed by atoms with van der Waals surface area (Å²) in [4.78, 5) is 8.12. The second kappa shape index (κ2) is 10.3. The van der Waals surface area contributed by atoms with Gasteiger partial charge in [0, 0.05) is 32.7 Å². The number of halogens is 4. The van der Waals surface area contributed by atoms with E-state index >= 15 is 0 Å². The van der Waals surface area contributed by atoms with Crippen LogP contribution in [0.15, 0.2) is 36.4 Å². The largest absolute Gasteiger partial charge is 0.433 e. The van der Waals surface area contributed by atoms with E-state index in [0.717, 1.165) is 45.0 Å². The standard InChI is InChI=1S/C22H28F3N3.ClH/c1-3-5-19-16-18(9-8-17(19)2)10-11-27-12-14-28(15-13-27)21-7-4-6-20(26-21)22(23,24)25;/h4,6-9,16H,3,5,10-15H2,1-2H3;1H. The van der Waals surface area contributed by atoms with Crippen molar-refractivity contribution in [1.29, 1.82) is 0 Å². The fraction of sp³-hybridized carbons (Fsp3) is 0.500. The lowest BCUT2D eigenvalue weighted by Crippen LogP contribution is -2.47. The maximum atomic E-state index is 12.9. The molecule has 0 unspecified atom stereocenters. The quantitative estimate of drug-likeness (QED) is 0.635. The summed E-state index contributed by atoms with van der Waals surface area (Å²) in [6.07, 6.45) is -1.14. The SMILES string of the molecule is CCCc1cc(CCN2CCN(c3cccc(C(F)(F)F)n3)CC2)ccc1C.Cl. The predicted octanol–water partition coefficient (Wildman–Crippen LogP) is 5.15. The zero-order chi connectivity index (χ0) is 20.1. The van der Waals surface area contributed by atoms with Gasteiger partial charge in [-0.15, -0.1) is 12.4 Å². The number of aryl methyl sites for hydroxylation is 2. The average molecular weight is 428 g/mol. The minimum Gasteiger partial charge on any atom is -0.354 e. The molecule has 29 heavy (non-hydrogen) atoms. The third kappa shape index (κ3) is 6.34. The van der Waals surface area contributed by atoms with Crippen LogP contribution in [0.3, 0.4) is 0 Å². The lowest BCUT2D eigenvalue weighted by atomic mass is 9.99. The van der Waals surface area contributed by atoms with Gasteiger partial charge in [-0.1, -0.05) is 37.6 Å². The molecule has 0 aliphatic carbocycles.